The Hall–Kier alpha value is -2.09. The molecule has 3 N–H and O–H groups in total. The van der Waals surface area contributed by atoms with Crippen LogP contribution in [0.3, 0.4) is 0 Å². The van der Waals surface area contributed by atoms with Crippen molar-refractivity contribution in [2.24, 2.45) is 0 Å². The summed E-state index contributed by atoms with van der Waals surface area (Å²) in [6.07, 6.45) is 1.19. The van der Waals surface area contributed by atoms with Gasteiger partial charge in [0.05, 0.1) is 6.61 Å². The van der Waals surface area contributed by atoms with Crippen molar-refractivity contribution in [3.05, 3.63) is 18.3 Å². The standard InChI is InChI=1S/C15H24N4O3S/c1-5-21-11-7-6-8-16-12(11)19-13(23)17-9-10-18-14(20)22-15(2,3)4/h6-8H,5,9-10H2,1-4H3,(H,18,20)(H2,16,17,19,23). The predicted molar refractivity (Wildman–Crippen MR) is 93.9 cm³/mol. The van der Waals surface area contributed by atoms with E-state index in [1.165, 1.54) is 0 Å². The quantitative estimate of drug-likeness (QED) is 0.541. The van der Waals surface area contributed by atoms with Crippen LogP contribution in [0.25, 0.3) is 0 Å². The average molecular weight is 340 g/mol. The zero-order valence-electron chi connectivity index (χ0n) is 13.9. The van der Waals surface area contributed by atoms with Crippen LogP contribution >= 0.6 is 12.2 Å². The summed E-state index contributed by atoms with van der Waals surface area (Å²) in [4.78, 5) is 15.7. The van der Waals surface area contributed by atoms with E-state index in [0.29, 0.717) is 36.4 Å². The molecule has 1 aromatic rings. The summed E-state index contributed by atoms with van der Waals surface area (Å²) in [5.41, 5.74) is -0.511. The van der Waals surface area contributed by atoms with Crippen molar-refractivity contribution >= 4 is 29.2 Å². The topological polar surface area (TPSA) is 84.5 Å². The fraction of sp³-hybridized carbons (Fsp3) is 0.533. The van der Waals surface area contributed by atoms with Gasteiger partial charge in [-0.2, -0.15) is 0 Å². The van der Waals surface area contributed by atoms with Gasteiger partial charge in [-0.15, -0.1) is 0 Å². The van der Waals surface area contributed by atoms with Crippen LogP contribution in [0.2, 0.25) is 0 Å². The summed E-state index contributed by atoms with van der Waals surface area (Å²) in [7, 11) is 0. The number of carbonyl (C=O) groups is 1. The normalized spacial score (nSPS) is 10.6. The molecule has 128 valence electrons. The SMILES string of the molecule is CCOc1cccnc1NC(=S)NCCNC(=O)OC(C)(C)C. The molecular formula is C15H24N4O3S. The maximum absolute atomic E-state index is 11.5. The summed E-state index contributed by atoms with van der Waals surface area (Å²) in [5, 5.41) is 8.97. The molecule has 23 heavy (non-hydrogen) atoms. The van der Waals surface area contributed by atoms with E-state index in [4.69, 9.17) is 21.7 Å². The number of aromatic nitrogens is 1. The number of rotatable bonds is 6. The lowest BCUT2D eigenvalue weighted by Crippen LogP contribution is -2.39. The van der Waals surface area contributed by atoms with Crippen LogP contribution in [0.1, 0.15) is 27.7 Å². The third-order valence-corrected chi connectivity index (χ3v) is 2.63. The van der Waals surface area contributed by atoms with Gasteiger partial charge in [0.2, 0.25) is 0 Å². The largest absolute Gasteiger partial charge is 0.490 e. The van der Waals surface area contributed by atoms with E-state index < -0.39 is 11.7 Å². The van der Waals surface area contributed by atoms with Crippen LogP contribution in [0.4, 0.5) is 10.6 Å². The summed E-state index contributed by atoms with van der Waals surface area (Å²) < 4.78 is 10.6. The minimum Gasteiger partial charge on any atom is -0.490 e. The molecule has 7 nitrogen and oxygen atoms in total. The number of ether oxygens (including phenoxy) is 2. The Morgan fingerprint density at radius 2 is 2.00 bits per heavy atom. The lowest BCUT2D eigenvalue weighted by molar-refractivity contribution is 0.0529. The number of thiocarbonyl (C=S) groups is 1. The van der Waals surface area contributed by atoms with E-state index in [9.17, 15) is 4.79 Å². The highest BCUT2D eigenvalue weighted by atomic mass is 32.1. The molecule has 0 aliphatic rings. The fourth-order valence-electron chi connectivity index (χ4n) is 1.56. The zero-order chi connectivity index (χ0) is 17.3. The molecule has 0 bridgehead atoms. The van der Waals surface area contributed by atoms with E-state index >= 15 is 0 Å². The lowest BCUT2D eigenvalue weighted by Gasteiger charge is -2.19. The average Bonchev–Trinajstić information content (AvgIpc) is 2.44. The Labute approximate surface area is 142 Å². The first kappa shape index (κ1) is 19.0. The maximum Gasteiger partial charge on any atom is 0.407 e. The molecule has 0 atom stereocenters. The summed E-state index contributed by atoms with van der Waals surface area (Å²) in [5.74, 6) is 1.18. The van der Waals surface area contributed by atoms with Gasteiger partial charge in [-0.25, -0.2) is 9.78 Å². The number of nitrogens with one attached hydrogen (secondary N) is 3. The predicted octanol–water partition coefficient (Wildman–Crippen LogP) is 2.29. The second-order valence-corrected chi connectivity index (χ2v) is 6.00. The first-order chi connectivity index (χ1) is 10.8. The van der Waals surface area contributed by atoms with E-state index in [1.807, 2.05) is 33.8 Å². The Bertz CT molecular complexity index is 532. The van der Waals surface area contributed by atoms with Crippen LogP contribution in [0.5, 0.6) is 5.75 Å². The number of pyridine rings is 1. The van der Waals surface area contributed by atoms with Gasteiger partial charge < -0.3 is 25.4 Å². The summed E-state index contributed by atoms with van der Waals surface area (Å²) in [6.45, 7) is 8.72. The summed E-state index contributed by atoms with van der Waals surface area (Å²) >= 11 is 5.18. The van der Waals surface area contributed by atoms with Gasteiger partial charge in [-0.05, 0) is 52.0 Å². The van der Waals surface area contributed by atoms with Crippen LogP contribution < -0.4 is 20.7 Å². The Balaban J connectivity index is 2.31. The van der Waals surface area contributed by atoms with Crippen molar-refractivity contribution in [2.45, 2.75) is 33.3 Å². The Kier molecular flexibility index (Phi) is 7.53. The van der Waals surface area contributed by atoms with E-state index in [0.717, 1.165) is 0 Å². The van der Waals surface area contributed by atoms with Crippen molar-refractivity contribution in [3.8, 4) is 5.75 Å². The maximum atomic E-state index is 11.5. The van der Waals surface area contributed by atoms with E-state index in [-0.39, 0.29) is 0 Å². The monoisotopic (exact) mass is 340 g/mol. The van der Waals surface area contributed by atoms with Crippen LogP contribution in [-0.2, 0) is 4.74 Å². The zero-order valence-corrected chi connectivity index (χ0v) is 14.8. The minimum absolute atomic E-state index is 0.386. The molecule has 8 heteroatoms. The van der Waals surface area contributed by atoms with Crippen molar-refractivity contribution in [3.63, 3.8) is 0 Å². The second-order valence-electron chi connectivity index (χ2n) is 5.59. The second kappa shape index (κ2) is 9.14. The Morgan fingerprint density at radius 3 is 2.65 bits per heavy atom. The van der Waals surface area contributed by atoms with Crippen molar-refractivity contribution in [1.82, 2.24) is 15.6 Å². The third kappa shape index (κ3) is 8.20. The molecule has 0 saturated carbocycles. The number of hydrogen-bond donors (Lipinski definition) is 3. The highest BCUT2D eigenvalue weighted by Gasteiger charge is 2.15. The number of carbonyl (C=O) groups excluding carboxylic acids is 1. The van der Waals surface area contributed by atoms with Crippen LogP contribution in [0, 0.1) is 0 Å². The lowest BCUT2D eigenvalue weighted by atomic mass is 10.2. The molecule has 1 rings (SSSR count). The van der Waals surface area contributed by atoms with Gasteiger partial charge in [0.25, 0.3) is 0 Å². The molecule has 0 radical (unpaired) electrons. The fourth-order valence-corrected chi connectivity index (χ4v) is 1.76. The number of hydrogen-bond acceptors (Lipinski definition) is 5. The molecule has 1 amide bonds. The highest BCUT2D eigenvalue weighted by Crippen LogP contribution is 2.20. The van der Waals surface area contributed by atoms with Crippen molar-refractivity contribution in [2.75, 3.05) is 25.0 Å². The first-order valence-electron chi connectivity index (χ1n) is 7.41. The van der Waals surface area contributed by atoms with Crippen molar-refractivity contribution in [1.29, 1.82) is 0 Å². The molecular weight excluding hydrogens is 316 g/mol. The first-order valence-corrected chi connectivity index (χ1v) is 7.82. The molecule has 0 aliphatic heterocycles. The van der Waals surface area contributed by atoms with Gasteiger partial charge in [0.1, 0.15) is 5.60 Å². The van der Waals surface area contributed by atoms with Crippen molar-refractivity contribution < 1.29 is 14.3 Å². The highest BCUT2D eigenvalue weighted by molar-refractivity contribution is 7.80. The Morgan fingerprint density at radius 1 is 1.30 bits per heavy atom. The number of anilines is 1. The van der Waals surface area contributed by atoms with Gasteiger partial charge in [0.15, 0.2) is 16.7 Å². The van der Waals surface area contributed by atoms with Gasteiger partial charge in [-0.3, -0.25) is 0 Å². The smallest absolute Gasteiger partial charge is 0.407 e. The van der Waals surface area contributed by atoms with Gasteiger partial charge in [0, 0.05) is 19.3 Å². The summed E-state index contributed by atoms with van der Waals surface area (Å²) in [6, 6.07) is 3.60. The van der Waals surface area contributed by atoms with E-state index in [2.05, 4.69) is 20.9 Å². The molecule has 1 heterocycles. The molecule has 0 unspecified atom stereocenters. The van der Waals surface area contributed by atoms with Crippen LogP contribution in [0.15, 0.2) is 18.3 Å². The number of alkyl carbamates (subject to hydrolysis) is 1. The van der Waals surface area contributed by atoms with Gasteiger partial charge in [-0.1, -0.05) is 0 Å². The van der Waals surface area contributed by atoms with E-state index in [1.54, 1.807) is 12.3 Å². The molecule has 0 fully saturated rings. The third-order valence-electron chi connectivity index (χ3n) is 2.38. The molecule has 0 aliphatic carbocycles. The number of amides is 1. The minimum atomic E-state index is -0.511. The molecule has 1 aromatic heterocycles. The molecule has 0 spiro atoms. The molecule has 0 saturated heterocycles. The number of nitrogens with zero attached hydrogens (tertiary/aromatic N) is 1. The van der Waals surface area contributed by atoms with Crippen LogP contribution in [-0.4, -0.2) is 41.5 Å². The van der Waals surface area contributed by atoms with Gasteiger partial charge >= 0.3 is 6.09 Å². The molecule has 0 aromatic carbocycles.